The molecule has 2 N–H and O–H groups in total. The largest absolute Gasteiger partial charge is 0.423 e. The smallest absolute Gasteiger partial charge is 0.298 e. The number of rotatable bonds is 7. The molecule has 2 heterocycles. The molecule has 1 fully saturated rings. The summed E-state index contributed by atoms with van der Waals surface area (Å²) in [4.78, 5) is 18.2. The minimum Gasteiger partial charge on any atom is -0.423 e. The average Bonchev–Trinajstić information content (AvgIpc) is 3.37. The van der Waals surface area contributed by atoms with Crippen LogP contribution in [0.2, 0.25) is 0 Å². The van der Waals surface area contributed by atoms with Crippen LogP contribution in [0.4, 0.5) is 10.4 Å². The molecule has 1 aromatic heterocycles. The van der Waals surface area contributed by atoms with Gasteiger partial charge in [0.2, 0.25) is 15.9 Å². The number of hydrogen-bond acceptors (Lipinski definition) is 6. The maximum atomic E-state index is 13.7. The highest BCUT2D eigenvalue weighted by molar-refractivity contribution is 7.89. The number of anilines is 1. The van der Waals surface area contributed by atoms with Gasteiger partial charge in [-0.3, -0.25) is 4.79 Å². The molecule has 10 heteroatoms. The van der Waals surface area contributed by atoms with E-state index in [1.807, 2.05) is 29.2 Å². The van der Waals surface area contributed by atoms with Crippen LogP contribution in [0.1, 0.15) is 12.8 Å². The first-order chi connectivity index (χ1) is 14.4. The maximum absolute atomic E-state index is 13.7. The molecule has 0 saturated carbocycles. The molecule has 3 aromatic rings. The fourth-order valence-electron chi connectivity index (χ4n) is 3.48. The standard InChI is InChI=1S/C20H21FN4O4S/c21-15-7-1-4-10-18(15)30(27,28)23-13-19(26)22-12-14-6-5-11-25(14)20-24-16-8-2-3-9-17(16)29-20/h1-4,7-10,14,23H,5-6,11-13H2,(H,22,26)/t14-/m0/s1. The van der Waals surface area contributed by atoms with Gasteiger partial charge >= 0.3 is 0 Å². The summed E-state index contributed by atoms with van der Waals surface area (Å²) >= 11 is 0. The molecule has 30 heavy (non-hydrogen) atoms. The predicted molar refractivity (Wildman–Crippen MR) is 109 cm³/mol. The molecule has 0 aliphatic carbocycles. The quantitative estimate of drug-likeness (QED) is 0.592. The zero-order chi connectivity index (χ0) is 21.1. The Morgan fingerprint density at radius 2 is 1.97 bits per heavy atom. The molecule has 8 nitrogen and oxygen atoms in total. The van der Waals surface area contributed by atoms with E-state index in [9.17, 15) is 17.6 Å². The van der Waals surface area contributed by atoms with Crippen molar-refractivity contribution in [2.75, 3.05) is 24.5 Å². The topological polar surface area (TPSA) is 105 Å². The molecule has 1 atom stereocenters. The van der Waals surface area contributed by atoms with Crippen molar-refractivity contribution >= 4 is 33.0 Å². The van der Waals surface area contributed by atoms with E-state index in [1.165, 1.54) is 12.1 Å². The molecule has 0 radical (unpaired) electrons. The van der Waals surface area contributed by atoms with Gasteiger partial charge in [-0.15, -0.1) is 0 Å². The number of fused-ring (bicyclic) bond motifs is 1. The molecule has 1 aliphatic rings. The summed E-state index contributed by atoms with van der Waals surface area (Å²) in [7, 11) is -4.11. The van der Waals surface area contributed by atoms with Crippen molar-refractivity contribution < 1.29 is 22.0 Å². The summed E-state index contributed by atoms with van der Waals surface area (Å²) in [5, 5.41) is 2.73. The lowest BCUT2D eigenvalue weighted by Crippen LogP contribution is -2.44. The second kappa shape index (κ2) is 8.41. The molecule has 1 aliphatic heterocycles. The number of halogens is 1. The van der Waals surface area contributed by atoms with Crippen LogP contribution in [-0.2, 0) is 14.8 Å². The van der Waals surface area contributed by atoms with Gasteiger partial charge in [0.15, 0.2) is 5.58 Å². The van der Waals surface area contributed by atoms with E-state index in [4.69, 9.17) is 4.42 Å². The first-order valence-corrected chi connectivity index (χ1v) is 11.1. The number of carbonyl (C=O) groups excluding carboxylic acids is 1. The van der Waals surface area contributed by atoms with Crippen LogP contribution in [0.25, 0.3) is 11.1 Å². The summed E-state index contributed by atoms with van der Waals surface area (Å²) in [6.45, 7) is 0.596. The maximum Gasteiger partial charge on any atom is 0.298 e. The van der Waals surface area contributed by atoms with Gasteiger partial charge in [0.05, 0.1) is 12.6 Å². The number of benzene rings is 2. The highest BCUT2D eigenvalue weighted by Gasteiger charge is 2.29. The lowest BCUT2D eigenvalue weighted by Gasteiger charge is -2.23. The fourth-order valence-corrected chi connectivity index (χ4v) is 4.54. The number of hydrogen-bond donors (Lipinski definition) is 2. The van der Waals surface area contributed by atoms with Gasteiger partial charge < -0.3 is 14.6 Å². The van der Waals surface area contributed by atoms with Gasteiger partial charge in [-0.05, 0) is 37.1 Å². The molecule has 0 unspecified atom stereocenters. The number of amides is 1. The monoisotopic (exact) mass is 432 g/mol. The number of sulfonamides is 1. The van der Waals surface area contributed by atoms with E-state index in [-0.39, 0.29) is 6.04 Å². The summed E-state index contributed by atoms with van der Waals surface area (Å²) < 4.78 is 46.0. The lowest BCUT2D eigenvalue weighted by atomic mass is 10.2. The lowest BCUT2D eigenvalue weighted by molar-refractivity contribution is -0.120. The molecule has 1 saturated heterocycles. The Kier molecular flexibility index (Phi) is 5.69. The zero-order valence-corrected chi connectivity index (χ0v) is 16.9. The van der Waals surface area contributed by atoms with E-state index in [0.29, 0.717) is 18.1 Å². The van der Waals surface area contributed by atoms with Gasteiger partial charge in [-0.2, -0.15) is 4.98 Å². The minimum absolute atomic E-state index is 0.00909. The van der Waals surface area contributed by atoms with Crippen LogP contribution >= 0.6 is 0 Å². The number of nitrogens with zero attached hydrogens (tertiary/aromatic N) is 2. The van der Waals surface area contributed by atoms with Gasteiger partial charge in [-0.25, -0.2) is 17.5 Å². The van der Waals surface area contributed by atoms with Crippen molar-refractivity contribution in [3.05, 3.63) is 54.3 Å². The zero-order valence-electron chi connectivity index (χ0n) is 16.0. The van der Waals surface area contributed by atoms with Gasteiger partial charge in [0.1, 0.15) is 16.2 Å². The van der Waals surface area contributed by atoms with Gasteiger partial charge in [-0.1, -0.05) is 24.3 Å². The summed E-state index contributed by atoms with van der Waals surface area (Å²) in [6.07, 6.45) is 1.78. The second-order valence-corrected chi connectivity index (χ2v) is 8.75. The SMILES string of the molecule is O=C(CNS(=O)(=O)c1ccccc1F)NC[C@@H]1CCCN1c1nc2ccccc2o1. The summed E-state index contributed by atoms with van der Waals surface area (Å²) in [5.74, 6) is -1.37. The number of nitrogens with one attached hydrogen (secondary N) is 2. The van der Waals surface area contributed by atoms with E-state index in [1.54, 1.807) is 0 Å². The van der Waals surface area contributed by atoms with E-state index in [0.717, 1.165) is 37.0 Å². The number of aromatic nitrogens is 1. The average molecular weight is 432 g/mol. The Morgan fingerprint density at radius 1 is 1.20 bits per heavy atom. The van der Waals surface area contributed by atoms with Crippen LogP contribution in [-0.4, -0.2) is 45.0 Å². The van der Waals surface area contributed by atoms with E-state index >= 15 is 0 Å². The van der Waals surface area contributed by atoms with Crippen molar-refractivity contribution in [1.29, 1.82) is 0 Å². The Balaban J connectivity index is 1.33. The van der Waals surface area contributed by atoms with Crippen LogP contribution < -0.4 is 14.9 Å². The first kappa shape index (κ1) is 20.3. The molecule has 0 bridgehead atoms. The van der Waals surface area contributed by atoms with Gasteiger partial charge in [0.25, 0.3) is 6.01 Å². The van der Waals surface area contributed by atoms with E-state index < -0.39 is 33.2 Å². The highest BCUT2D eigenvalue weighted by Crippen LogP contribution is 2.27. The summed E-state index contributed by atoms with van der Waals surface area (Å²) in [6, 6.07) is 13.0. The number of carbonyl (C=O) groups is 1. The van der Waals surface area contributed by atoms with Gasteiger partial charge in [0, 0.05) is 13.1 Å². The van der Waals surface area contributed by atoms with E-state index in [2.05, 4.69) is 15.0 Å². The Morgan fingerprint density at radius 3 is 2.77 bits per heavy atom. The second-order valence-electron chi connectivity index (χ2n) is 7.01. The van der Waals surface area contributed by atoms with Crippen molar-refractivity contribution in [2.24, 2.45) is 0 Å². The molecular weight excluding hydrogens is 411 g/mol. The third-order valence-corrected chi connectivity index (χ3v) is 6.42. The predicted octanol–water partition coefficient (Wildman–Crippen LogP) is 2.03. The summed E-state index contributed by atoms with van der Waals surface area (Å²) in [5.41, 5.74) is 1.47. The molecule has 1 amide bonds. The number of oxazole rings is 1. The van der Waals surface area contributed by atoms with Crippen LogP contribution in [0, 0.1) is 5.82 Å². The van der Waals surface area contributed by atoms with Crippen LogP contribution in [0.3, 0.4) is 0 Å². The normalized spacial score (nSPS) is 16.8. The Labute approximate surface area is 173 Å². The van der Waals surface area contributed by atoms with Crippen molar-refractivity contribution in [2.45, 2.75) is 23.8 Å². The molecular formula is C20H21FN4O4S. The number of para-hydroxylation sites is 2. The fraction of sp³-hybridized carbons (Fsp3) is 0.300. The Hall–Kier alpha value is -2.98. The molecule has 158 valence electrons. The van der Waals surface area contributed by atoms with Crippen molar-refractivity contribution in [3.63, 3.8) is 0 Å². The third kappa shape index (κ3) is 4.29. The first-order valence-electron chi connectivity index (χ1n) is 9.57. The van der Waals surface area contributed by atoms with Crippen LogP contribution in [0.15, 0.2) is 57.8 Å². The van der Waals surface area contributed by atoms with Crippen molar-refractivity contribution in [3.8, 4) is 0 Å². The molecule has 4 rings (SSSR count). The Bertz CT molecular complexity index is 1130. The molecule has 0 spiro atoms. The van der Waals surface area contributed by atoms with Crippen molar-refractivity contribution in [1.82, 2.24) is 15.0 Å². The third-order valence-electron chi connectivity index (χ3n) is 4.99. The van der Waals surface area contributed by atoms with Crippen LogP contribution in [0.5, 0.6) is 0 Å². The minimum atomic E-state index is -4.11. The molecule has 2 aromatic carbocycles. The highest BCUT2D eigenvalue weighted by atomic mass is 32.2.